The number of nitrogens with one attached hydrogen (secondary N) is 1. The van der Waals surface area contributed by atoms with Crippen LogP contribution in [0, 0.1) is 5.92 Å². The lowest BCUT2D eigenvalue weighted by Gasteiger charge is -2.29. The quantitative estimate of drug-likeness (QED) is 0.910. The normalized spacial score (nSPS) is 26.5. The lowest BCUT2D eigenvalue weighted by molar-refractivity contribution is -0.136. The van der Waals surface area contributed by atoms with Crippen molar-refractivity contribution in [3.05, 3.63) is 34.3 Å². The fraction of sp³-hybridized carbons (Fsp3) is 0.500. The molecule has 2 fully saturated rings. The van der Waals surface area contributed by atoms with Crippen LogP contribution in [0.5, 0.6) is 0 Å². The van der Waals surface area contributed by atoms with Gasteiger partial charge in [-0.1, -0.05) is 28.1 Å². The first-order valence-electron chi connectivity index (χ1n) is 7.39. The van der Waals surface area contributed by atoms with Crippen molar-refractivity contribution in [1.82, 2.24) is 10.2 Å². The average molecular weight is 351 g/mol. The van der Waals surface area contributed by atoms with E-state index in [2.05, 4.69) is 21.2 Å². The van der Waals surface area contributed by atoms with Gasteiger partial charge in [0.15, 0.2) is 0 Å². The summed E-state index contributed by atoms with van der Waals surface area (Å²) in [7, 11) is 0. The third-order valence-electron chi connectivity index (χ3n) is 4.21. The highest BCUT2D eigenvalue weighted by molar-refractivity contribution is 9.10. The van der Waals surface area contributed by atoms with Crippen LogP contribution >= 0.6 is 15.9 Å². The topological polar surface area (TPSA) is 49.4 Å². The molecule has 4 nitrogen and oxygen atoms in total. The van der Waals surface area contributed by atoms with Crippen molar-refractivity contribution in [1.29, 1.82) is 0 Å². The van der Waals surface area contributed by atoms with Crippen LogP contribution in [-0.4, -0.2) is 28.8 Å². The minimum Gasteiger partial charge on any atom is -0.344 e. The van der Waals surface area contributed by atoms with E-state index in [9.17, 15) is 9.59 Å². The van der Waals surface area contributed by atoms with Crippen LogP contribution < -0.4 is 5.32 Å². The summed E-state index contributed by atoms with van der Waals surface area (Å²) >= 11 is 3.46. The maximum Gasteiger partial charge on any atom is 0.245 e. The lowest BCUT2D eigenvalue weighted by Crippen LogP contribution is -2.47. The van der Waals surface area contributed by atoms with Crippen LogP contribution in [0.4, 0.5) is 0 Å². The smallest absolute Gasteiger partial charge is 0.245 e. The molecule has 2 amide bonds. The number of halogens is 1. The Morgan fingerprint density at radius 3 is 2.76 bits per heavy atom. The molecule has 5 heteroatoms. The van der Waals surface area contributed by atoms with Gasteiger partial charge in [-0.3, -0.25) is 9.59 Å². The Labute approximate surface area is 133 Å². The van der Waals surface area contributed by atoms with E-state index in [4.69, 9.17) is 0 Å². The summed E-state index contributed by atoms with van der Waals surface area (Å²) in [6.45, 7) is 2.50. The predicted molar refractivity (Wildman–Crippen MR) is 83.4 cm³/mol. The molecule has 1 aliphatic carbocycles. The van der Waals surface area contributed by atoms with Gasteiger partial charge in [0.25, 0.3) is 0 Å². The van der Waals surface area contributed by atoms with Crippen LogP contribution in [0.25, 0.3) is 0 Å². The van der Waals surface area contributed by atoms with Crippen molar-refractivity contribution in [3.63, 3.8) is 0 Å². The van der Waals surface area contributed by atoms with E-state index < -0.39 is 0 Å². The molecule has 1 aromatic rings. The Hall–Kier alpha value is -1.36. The van der Waals surface area contributed by atoms with E-state index in [1.165, 1.54) is 0 Å². The van der Waals surface area contributed by atoms with E-state index in [0.29, 0.717) is 18.9 Å². The van der Waals surface area contributed by atoms with Gasteiger partial charge in [0.1, 0.15) is 6.04 Å². The van der Waals surface area contributed by atoms with Crippen molar-refractivity contribution < 1.29 is 9.59 Å². The summed E-state index contributed by atoms with van der Waals surface area (Å²) in [5.74, 6) is 0.386. The molecule has 1 saturated carbocycles. The van der Waals surface area contributed by atoms with Crippen LogP contribution in [0.1, 0.15) is 31.7 Å². The number of carbonyl (C=O) groups excluding carboxylic acids is 2. The summed E-state index contributed by atoms with van der Waals surface area (Å²) in [5, 5.41) is 2.91. The first-order chi connectivity index (χ1) is 10.0. The fourth-order valence-electron chi connectivity index (χ4n) is 2.88. The average Bonchev–Trinajstić information content (AvgIpc) is 3.25. The number of amides is 2. The molecule has 21 heavy (non-hydrogen) atoms. The number of hydrogen-bond donors (Lipinski definition) is 1. The molecule has 1 aliphatic heterocycles. The van der Waals surface area contributed by atoms with E-state index in [-0.39, 0.29) is 23.9 Å². The molecule has 0 bridgehead atoms. The standard InChI is InChI=1S/C16H19BrN2O2/c1-10-7-14(20)18-15(12-5-6-12)16(21)19(10)9-11-3-2-4-13(17)8-11/h2-4,8,10,12,15H,5-7,9H2,1H3,(H,18,20). The van der Waals surface area contributed by atoms with Gasteiger partial charge in [-0.2, -0.15) is 0 Å². The molecule has 0 radical (unpaired) electrons. The third-order valence-corrected chi connectivity index (χ3v) is 4.71. The summed E-state index contributed by atoms with van der Waals surface area (Å²) in [6, 6.07) is 7.57. The molecular formula is C16H19BrN2O2. The largest absolute Gasteiger partial charge is 0.344 e. The van der Waals surface area contributed by atoms with Crippen LogP contribution in [0.3, 0.4) is 0 Å². The van der Waals surface area contributed by atoms with Gasteiger partial charge >= 0.3 is 0 Å². The Kier molecular flexibility index (Phi) is 4.02. The molecule has 1 heterocycles. The Bertz CT molecular complexity index is 571. The Morgan fingerprint density at radius 1 is 1.33 bits per heavy atom. The number of nitrogens with zero attached hydrogens (tertiary/aromatic N) is 1. The molecule has 1 saturated heterocycles. The molecular weight excluding hydrogens is 332 g/mol. The van der Waals surface area contributed by atoms with Crippen molar-refractivity contribution in [2.45, 2.75) is 44.8 Å². The zero-order valence-electron chi connectivity index (χ0n) is 12.0. The molecule has 2 atom stereocenters. The van der Waals surface area contributed by atoms with Crippen LogP contribution in [0.15, 0.2) is 28.7 Å². The van der Waals surface area contributed by atoms with Gasteiger partial charge in [0.05, 0.1) is 0 Å². The molecule has 112 valence electrons. The maximum atomic E-state index is 12.8. The fourth-order valence-corrected chi connectivity index (χ4v) is 3.33. The number of hydrogen-bond acceptors (Lipinski definition) is 2. The molecule has 1 N–H and O–H groups in total. The molecule has 2 aliphatic rings. The molecule has 3 rings (SSSR count). The number of carbonyl (C=O) groups is 2. The van der Waals surface area contributed by atoms with Gasteiger partial charge in [0.2, 0.25) is 11.8 Å². The SMILES string of the molecule is CC1CC(=O)NC(C2CC2)C(=O)N1Cc1cccc(Br)c1. The van der Waals surface area contributed by atoms with Gasteiger partial charge in [-0.25, -0.2) is 0 Å². The highest BCUT2D eigenvalue weighted by Crippen LogP contribution is 2.35. The molecule has 0 spiro atoms. The van der Waals surface area contributed by atoms with E-state index in [1.54, 1.807) is 0 Å². The summed E-state index contributed by atoms with van der Waals surface area (Å²) < 4.78 is 1.00. The first-order valence-corrected chi connectivity index (χ1v) is 8.18. The first kappa shape index (κ1) is 14.6. The molecule has 0 aromatic heterocycles. The minimum atomic E-state index is -0.324. The van der Waals surface area contributed by atoms with Gasteiger partial charge in [-0.05, 0) is 43.4 Å². The highest BCUT2D eigenvalue weighted by atomic mass is 79.9. The third kappa shape index (κ3) is 3.28. The van der Waals surface area contributed by atoms with E-state index in [0.717, 1.165) is 22.9 Å². The highest BCUT2D eigenvalue weighted by Gasteiger charge is 2.42. The summed E-state index contributed by atoms with van der Waals surface area (Å²) in [5.41, 5.74) is 1.08. The second-order valence-electron chi connectivity index (χ2n) is 6.03. The monoisotopic (exact) mass is 350 g/mol. The van der Waals surface area contributed by atoms with Crippen molar-refractivity contribution in [2.24, 2.45) is 5.92 Å². The molecule has 2 unspecified atom stereocenters. The van der Waals surface area contributed by atoms with Crippen molar-refractivity contribution >= 4 is 27.7 Å². The Morgan fingerprint density at radius 2 is 2.10 bits per heavy atom. The zero-order chi connectivity index (χ0) is 15.0. The van der Waals surface area contributed by atoms with Gasteiger partial charge in [0, 0.05) is 23.5 Å². The van der Waals surface area contributed by atoms with E-state index in [1.807, 2.05) is 36.1 Å². The second-order valence-corrected chi connectivity index (χ2v) is 6.95. The second kappa shape index (κ2) is 5.79. The minimum absolute atomic E-state index is 0.00973. The number of benzene rings is 1. The zero-order valence-corrected chi connectivity index (χ0v) is 13.6. The summed E-state index contributed by atoms with van der Waals surface area (Å²) in [6.07, 6.45) is 2.45. The van der Waals surface area contributed by atoms with Crippen LogP contribution in [0.2, 0.25) is 0 Å². The molecule has 1 aromatic carbocycles. The Balaban J connectivity index is 1.83. The van der Waals surface area contributed by atoms with Crippen molar-refractivity contribution in [2.75, 3.05) is 0 Å². The maximum absolute atomic E-state index is 12.8. The summed E-state index contributed by atoms with van der Waals surface area (Å²) in [4.78, 5) is 26.6. The van der Waals surface area contributed by atoms with Gasteiger partial charge < -0.3 is 10.2 Å². The van der Waals surface area contributed by atoms with E-state index >= 15 is 0 Å². The predicted octanol–water partition coefficient (Wildman–Crippen LogP) is 2.46. The number of rotatable bonds is 3. The van der Waals surface area contributed by atoms with Crippen LogP contribution in [-0.2, 0) is 16.1 Å². The van der Waals surface area contributed by atoms with Gasteiger partial charge in [-0.15, -0.1) is 0 Å². The van der Waals surface area contributed by atoms with Crippen molar-refractivity contribution in [3.8, 4) is 0 Å². The lowest BCUT2D eigenvalue weighted by atomic mass is 10.1.